The van der Waals surface area contributed by atoms with Gasteiger partial charge >= 0.3 is 0 Å². The molecule has 0 radical (unpaired) electrons. The molecule has 4 nitrogen and oxygen atoms in total. The second-order valence-electron chi connectivity index (χ2n) is 7.03. The minimum atomic E-state index is -0.385. The van der Waals surface area contributed by atoms with Crippen molar-refractivity contribution in [1.82, 2.24) is 9.80 Å². The van der Waals surface area contributed by atoms with Crippen molar-refractivity contribution in [1.29, 1.82) is 0 Å². The molecule has 2 aromatic rings. The van der Waals surface area contributed by atoms with Gasteiger partial charge in [-0.25, -0.2) is 4.39 Å². The molecule has 1 aliphatic rings. The monoisotopic (exact) mass is 368 g/mol. The highest BCUT2D eigenvalue weighted by Gasteiger charge is 2.31. The van der Waals surface area contributed by atoms with Crippen LogP contribution < -0.4 is 0 Å². The van der Waals surface area contributed by atoms with E-state index in [1.165, 1.54) is 6.07 Å². The molecular formula is C22H25FN2O2. The Balaban J connectivity index is 1.79. The molecule has 2 amide bonds. The normalized spacial score (nSPS) is 17.7. The average molecular weight is 368 g/mol. The van der Waals surface area contributed by atoms with Crippen LogP contribution in [0.4, 0.5) is 4.39 Å². The average Bonchev–Trinajstić information content (AvgIpc) is 2.84. The van der Waals surface area contributed by atoms with Gasteiger partial charge in [-0.05, 0) is 36.6 Å². The quantitative estimate of drug-likeness (QED) is 0.824. The van der Waals surface area contributed by atoms with Crippen molar-refractivity contribution >= 4 is 11.8 Å². The third kappa shape index (κ3) is 4.35. The molecule has 5 heteroatoms. The Morgan fingerprint density at radius 3 is 2.59 bits per heavy atom. The fraction of sp³-hybridized carbons (Fsp3) is 0.364. The lowest BCUT2D eigenvalue weighted by molar-refractivity contribution is -0.133. The molecule has 0 saturated carbocycles. The summed E-state index contributed by atoms with van der Waals surface area (Å²) >= 11 is 0. The van der Waals surface area contributed by atoms with Crippen molar-refractivity contribution < 1.29 is 14.0 Å². The van der Waals surface area contributed by atoms with Crippen molar-refractivity contribution in [3.8, 4) is 0 Å². The summed E-state index contributed by atoms with van der Waals surface area (Å²) in [6.07, 6.45) is 1.04. The van der Waals surface area contributed by atoms with E-state index in [4.69, 9.17) is 0 Å². The summed E-state index contributed by atoms with van der Waals surface area (Å²) in [6.45, 7) is 5.05. The summed E-state index contributed by atoms with van der Waals surface area (Å²) in [7, 11) is 0. The number of halogens is 1. The maximum Gasteiger partial charge on any atom is 0.254 e. The molecule has 0 aromatic heterocycles. The zero-order valence-electron chi connectivity index (χ0n) is 15.8. The highest BCUT2D eigenvalue weighted by atomic mass is 19.1. The summed E-state index contributed by atoms with van der Waals surface area (Å²) in [6, 6.07) is 14.4. The number of hydrogen-bond acceptors (Lipinski definition) is 2. The van der Waals surface area contributed by atoms with Gasteiger partial charge in [0.2, 0.25) is 5.91 Å². The van der Waals surface area contributed by atoms with Crippen LogP contribution >= 0.6 is 0 Å². The molecule has 1 aliphatic heterocycles. The highest BCUT2D eigenvalue weighted by Crippen LogP contribution is 2.20. The largest absolute Gasteiger partial charge is 0.336 e. The van der Waals surface area contributed by atoms with E-state index in [-0.39, 0.29) is 30.1 Å². The standard InChI is InChI=1S/C22H25FN2O2/c1-3-19-15-24(22(27)18-10-9-16(2)20(23)13-18)12-11-21(26)25(19)14-17-7-5-4-6-8-17/h4-10,13,19H,3,11-12,14-15H2,1-2H3. The van der Waals surface area contributed by atoms with Crippen LogP contribution in [0.25, 0.3) is 0 Å². The van der Waals surface area contributed by atoms with E-state index < -0.39 is 0 Å². The van der Waals surface area contributed by atoms with Gasteiger partial charge in [-0.3, -0.25) is 9.59 Å². The van der Waals surface area contributed by atoms with Crippen LogP contribution in [0.1, 0.15) is 41.3 Å². The first-order valence-electron chi connectivity index (χ1n) is 9.38. The smallest absolute Gasteiger partial charge is 0.254 e. The molecule has 0 spiro atoms. The van der Waals surface area contributed by atoms with Crippen LogP contribution in [0.2, 0.25) is 0 Å². The maximum atomic E-state index is 13.9. The van der Waals surface area contributed by atoms with Gasteiger partial charge in [-0.2, -0.15) is 0 Å². The molecule has 0 bridgehead atoms. The summed E-state index contributed by atoms with van der Waals surface area (Å²) in [5, 5.41) is 0. The van der Waals surface area contributed by atoms with Crippen LogP contribution in [0, 0.1) is 12.7 Å². The Bertz CT molecular complexity index is 822. The molecule has 1 atom stereocenters. The first-order valence-corrected chi connectivity index (χ1v) is 9.38. The molecule has 1 heterocycles. The molecule has 3 rings (SSSR count). The van der Waals surface area contributed by atoms with E-state index in [0.717, 1.165) is 12.0 Å². The van der Waals surface area contributed by atoms with E-state index in [1.54, 1.807) is 24.0 Å². The van der Waals surface area contributed by atoms with E-state index in [1.807, 2.05) is 42.2 Å². The van der Waals surface area contributed by atoms with Crippen molar-refractivity contribution in [2.24, 2.45) is 0 Å². The van der Waals surface area contributed by atoms with Crippen molar-refractivity contribution in [3.05, 3.63) is 71.0 Å². The maximum absolute atomic E-state index is 13.9. The lowest BCUT2D eigenvalue weighted by Gasteiger charge is -2.31. The van der Waals surface area contributed by atoms with Gasteiger partial charge in [0.05, 0.1) is 0 Å². The zero-order valence-corrected chi connectivity index (χ0v) is 15.8. The number of carbonyl (C=O) groups is 2. The van der Waals surface area contributed by atoms with Gasteiger partial charge in [-0.1, -0.05) is 43.3 Å². The molecule has 27 heavy (non-hydrogen) atoms. The van der Waals surface area contributed by atoms with Gasteiger partial charge in [0.25, 0.3) is 5.91 Å². The van der Waals surface area contributed by atoms with E-state index in [2.05, 4.69) is 0 Å². The highest BCUT2D eigenvalue weighted by molar-refractivity contribution is 5.94. The number of hydrogen-bond donors (Lipinski definition) is 0. The Morgan fingerprint density at radius 2 is 1.93 bits per heavy atom. The van der Waals surface area contributed by atoms with Crippen LogP contribution in [-0.4, -0.2) is 40.7 Å². The molecule has 1 unspecified atom stereocenters. The second-order valence-corrected chi connectivity index (χ2v) is 7.03. The van der Waals surface area contributed by atoms with Gasteiger partial charge in [0.15, 0.2) is 0 Å². The number of nitrogens with zero attached hydrogens (tertiary/aromatic N) is 2. The van der Waals surface area contributed by atoms with Crippen LogP contribution in [0.15, 0.2) is 48.5 Å². The van der Waals surface area contributed by atoms with Gasteiger partial charge in [0.1, 0.15) is 5.82 Å². The fourth-order valence-electron chi connectivity index (χ4n) is 3.46. The van der Waals surface area contributed by atoms with Gasteiger partial charge in [0, 0.05) is 37.7 Å². The zero-order chi connectivity index (χ0) is 19.4. The van der Waals surface area contributed by atoms with Crippen molar-refractivity contribution in [2.75, 3.05) is 13.1 Å². The fourth-order valence-corrected chi connectivity index (χ4v) is 3.46. The Kier molecular flexibility index (Phi) is 5.89. The SMILES string of the molecule is CCC1CN(C(=O)c2ccc(C)c(F)c2)CCC(=O)N1Cc1ccccc1. The second kappa shape index (κ2) is 8.33. The van der Waals surface area contributed by atoms with Gasteiger partial charge in [-0.15, -0.1) is 0 Å². The topological polar surface area (TPSA) is 40.6 Å². The Labute approximate surface area is 159 Å². The van der Waals surface area contributed by atoms with Crippen molar-refractivity contribution in [2.45, 2.75) is 39.3 Å². The lowest BCUT2D eigenvalue weighted by atomic mass is 10.1. The summed E-state index contributed by atoms with van der Waals surface area (Å²) in [5.74, 6) is -0.553. The third-order valence-corrected chi connectivity index (χ3v) is 5.16. The van der Waals surface area contributed by atoms with Crippen LogP contribution in [-0.2, 0) is 11.3 Å². The van der Waals surface area contributed by atoms with E-state index >= 15 is 0 Å². The third-order valence-electron chi connectivity index (χ3n) is 5.16. The summed E-state index contributed by atoms with van der Waals surface area (Å²) < 4.78 is 13.9. The molecule has 1 fully saturated rings. The van der Waals surface area contributed by atoms with Crippen LogP contribution in [0.3, 0.4) is 0 Å². The minimum Gasteiger partial charge on any atom is -0.336 e. The first kappa shape index (κ1) is 19.1. The number of benzene rings is 2. The molecule has 0 N–H and O–H groups in total. The molecule has 1 saturated heterocycles. The van der Waals surface area contributed by atoms with Crippen LogP contribution in [0.5, 0.6) is 0 Å². The predicted octanol–water partition coefficient (Wildman–Crippen LogP) is 3.79. The van der Waals surface area contributed by atoms with E-state index in [9.17, 15) is 14.0 Å². The molecule has 0 aliphatic carbocycles. The Morgan fingerprint density at radius 1 is 1.19 bits per heavy atom. The number of carbonyl (C=O) groups excluding carboxylic acids is 2. The van der Waals surface area contributed by atoms with E-state index in [0.29, 0.717) is 30.8 Å². The predicted molar refractivity (Wildman–Crippen MR) is 103 cm³/mol. The molecule has 2 aromatic carbocycles. The van der Waals surface area contributed by atoms with Gasteiger partial charge < -0.3 is 9.80 Å². The molecular weight excluding hydrogens is 343 g/mol. The minimum absolute atomic E-state index is 0.0519. The Hall–Kier alpha value is -2.69. The molecule has 142 valence electrons. The number of rotatable bonds is 4. The lowest BCUT2D eigenvalue weighted by Crippen LogP contribution is -2.43. The summed E-state index contributed by atoms with van der Waals surface area (Å²) in [4.78, 5) is 29.2. The number of amides is 2. The van der Waals surface area contributed by atoms with Crippen molar-refractivity contribution in [3.63, 3.8) is 0 Å². The first-order chi connectivity index (χ1) is 13.0. The summed E-state index contributed by atoms with van der Waals surface area (Å²) in [5.41, 5.74) is 1.92. The number of aryl methyl sites for hydroxylation is 1.